The number of ether oxygens (including phenoxy) is 1. The van der Waals surface area contributed by atoms with E-state index < -0.39 is 0 Å². The van der Waals surface area contributed by atoms with Gasteiger partial charge in [0.1, 0.15) is 5.75 Å². The number of phenols is 1. The van der Waals surface area contributed by atoms with E-state index >= 15 is 0 Å². The molecule has 0 amide bonds. The van der Waals surface area contributed by atoms with Crippen molar-refractivity contribution >= 4 is 6.34 Å². The van der Waals surface area contributed by atoms with E-state index in [1.807, 2.05) is 12.4 Å². The fourth-order valence-corrected chi connectivity index (χ4v) is 2.05. The molecule has 2 aliphatic rings. The first-order valence-corrected chi connectivity index (χ1v) is 5.04. The Morgan fingerprint density at radius 2 is 2.40 bits per heavy atom. The van der Waals surface area contributed by atoms with E-state index in [1.54, 1.807) is 12.1 Å². The monoisotopic (exact) mass is 204 g/mol. The molecule has 4 nitrogen and oxygen atoms in total. The lowest BCUT2D eigenvalue weighted by atomic mass is 10.1. The average molecular weight is 204 g/mol. The van der Waals surface area contributed by atoms with E-state index in [1.165, 1.54) is 0 Å². The van der Waals surface area contributed by atoms with Crippen LogP contribution in [0.2, 0.25) is 0 Å². The standard InChI is InChI=1S/C11H12N2O2/c14-9-2-1-8-6-15-11(10(8)5-9)13-4-3-12-7-13/h1-2,5,7,11,14H,3-4,6H2. The van der Waals surface area contributed by atoms with Crippen LogP contribution in [0.4, 0.5) is 0 Å². The molecule has 1 unspecified atom stereocenters. The van der Waals surface area contributed by atoms with Crippen LogP contribution in [0.5, 0.6) is 5.75 Å². The Hall–Kier alpha value is -1.55. The number of nitrogens with zero attached hydrogens (tertiary/aromatic N) is 2. The summed E-state index contributed by atoms with van der Waals surface area (Å²) in [5.41, 5.74) is 2.21. The zero-order valence-electron chi connectivity index (χ0n) is 8.26. The Morgan fingerprint density at radius 1 is 1.47 bits per heavy atom. The highest BCUT2D eigenvalue weighted by Gasteiger charge is 2.28. The van der Waals surface area contributed by atoms with Crippen LogP contribution in [-0.2, 0) is 11.3 Å². The van der Waals surface area contributed by atoms with Crippen LogP contribution in [0.15, 0.2) is 23.2 Å². The van der Waals surface area contributed by atoms with Crippen LogP contribution >= 0.6 is 0 Å². The highest BCUT2D eigenvalue weighted by Crippen LogP contribution is 2.35. The van der Waals surface area contributed by atoms with Crippen LogP contribution < -0.4 is 0 Å². The predicted octanol–water partition coefficient (Wildman–Crippen LogP) is 1.26. The van der Waals surface area contributed by atoms with Gasteiger partial charge >= 0.3 is 0 Å². The van der Waals surface area contributed by atoms with Crippen molar-refractivity contribution in [2.75, 3.05) is 13.1 Å². The van der Waals surface area contributed by atoms with Crippen molar-refractivity contribution in [2.45, 2.75) is 12.8 Å². The fraction of sp³-hybridized carbons (Fsp3) is 0.364. The van der Waals surface area contributed by atoms with Gasteiger partial charge < -0.3 is 14.7 Å². The number of aromatic hydroxyl groups is 1. The second-order valence-electron chi connectivity index (χ2n) is 3.81. The molecule has 1 aromatic carbocycles. The summed E-state index contributed by atoms with van der Waals surface area (Å²) in [6.07, 6.45) is 1.75. The van der Waals surface area contributed by atoms with Crippen molar-refractivity contribution in [3.63, 3.8) is 0 Å². The van der Waals surface area contributed by atoms with Crippen molar-refractivity contribution in [1.82, 2.24) is 4.90 Å². The lowest BCUT2D eigenvalue weighted by molar-refractivity contribution is -0.0102. The number of rotatable bonds is 1. The first kappa shape index (κ1) is 8.73. The number of aliphatic imine (C=N–C) groups is 1. The molecule has 1 N–H and O–H groups in total. The first-order valence-electron chi connectivity index (χ1n) is 5.04. The Morgan fingerprint density at radius 3 is 3.20 bits per heavy atom. The molecule has 0 radical (unpaired) electrons. The molecule has 1 atom stereocenters. The lowest BCUT2D eigenvalue weighted by Crippen LogP contribution is -2.25. The van der Waals surface area contributed by atoms with Crippen LogP contribution in [-0.4, -0.2) is 29.4 Å². The fourth-order valence-electron chi connectivity index (χ4n) is 2.05. The maximum atomic E-state index is 9.45. The molecule has 0 fully saturated rings. The summed E-state index contributed by atoms with van der Waals surface area (Å²) < 4.78 is 5.69. The quantitative estimate of drug-likeness (QED) is 0.749. The second kappa shape index (κ2) is 3.24. The van der Waals surface area contributed by atoms with Gasteiger partial charge in [-0.05, 0) is 17.7 Å². The molecular formula is C11H12N2O2. The lowest BCUT2D eigenvalue weighted by Gasteiger charge is -2.22. The summed E-state index contributed by atoms with van der Waals surface area (Å²) >= 11 is 0. The Balaban J connectivity index is 1.96. The number of phenolic OH excluding ortho intramolecular Hbond substituents is 1. The molecule has 15 heavy (non-hydrogen) atoms. The molecule has 4 heteroatoms. The first-order chi connectivity index (χ1) is 7.34. The van der Waals surface area contributed by atoms with E-state index in [2.05, 4.69) is 9.89 Å². The average Bonchev–Trinajstić information content (AvgIpc) is 2.83. The summed E-state index contributed by atoms with van der Waals surface area (Å²) in [5.74, 6) is 0.292. The van der Waals surface area contributed by atoms with Gasteiger partial charge in [-0.2, -0.15) is 0 Å². The normalized spacial score (nSPS) is 23.5. The minimum atomic E-state index is -0.0710. The van der Waals surface area contributed by atoms with Crippen LogP contribution in [0.3, 0.4) is 0 Å². The minimum Gasteiger partial charge on any atom is -0.508 e. The maximum Gasteiger partial charge on any atom is 0.158 e. The van der Waals surface area contributed by atoms with Gasteiger partial charge in [0.05, 0.1) is 19.5 Å². The molecule has 0 aromatic heterocycles. The number of benzene rings is 1. The van der Waals surface area contributed by atoms with Gasteiger partial charge in [-0.15, -0.1) is 0 Å². The second-order valence-corrected chi connectivity index (χ2v) is 3.81. The van der Waals surface area contributed by atoms with Gasteiger partial charge in [0.25, 0.3) is 0 Å². The molecule has 3 rings (SSSR count). The SMILES string of the molecule is Oc1ccc2c(c1)C(N1C=NCC1)OC2. The Bertz CT molecular complexity index is 417. The van der Waals surface area contributed by atoms with Gasteiger partial charge in [-0.3, -0.25) is 4.99 Å². The highest BCUT2D eigenvalue weighted by atomic mass is 16.5. The zero-order chi connectivity index (χ0) is 10.3. The van der Waals surface area contributed by atoms with Crippen molar-refractivity contribution in [3.8, 4) is 5.75 Å². The molecule has 1 aromatic rings. The molecule has 2 heterocycles. The maximum absolute atomic E-state index is 9.45. The van der Waals surface area contributed by atoms with Crippen molar-refractivity contribution in [2.24, 2.45) is 4.99 Å². The van der Waals surface area contributed by atoms with Gasteiger partial charge in [0.2, 0.25) is 0 Å². The van der Waals surface area contributed by atoms with E-state index in [-0.39, 0.29) is 6.23 Å². The molecule has 0 saturated heterocycles. The van der Waals surface area contributed by atoms with E-state index in [0.717, 1.165) is 24.2 Å². The van der Waals surface area contributed by atoms with E-state index in [4.69, 9.17) is 4.74 Å². The molecule has 0 aliphatic carbocycles. The van der Waals surface area contributed by atoms with Crippen LogP contribution in [0.25, 0.3) is 0 Å². The highest BCUT2D eigenvalue weighted by molar-refractivity contribution is 5.58. The third kappa shape index (κ3) is 1.37. The summed E-state index contributed by atoms with van der Waals surface area (Å²) in [4.78, 5) is 6.22. The third-order valence-corrected chi connectivity index (χ3v) is 2.81. The number of hydrogen-bond donors (Lipinski definition) is 1. The van der Waals surface area contributed by atoms with Crippen molar-refractivity contribution < 1.29 is 9.84 Å². The molecule has 0 bridgehead atoms. The largest absolute Gasteiger partial charge is 0.508 e. The van der Waals surface area contributed by atoms with Crippen LogP contribution in [0.1, 0.15) is 17.4 Å². The van der Waals surface area contributed by atoms with Crippen LogP contribution in [0, 0.1) is 0 Å². The smallest absolute Gasteiger partial charge is 0.158 e. The summed E-state index contributed by atoms with van der Waals surface area (Å²) in [7, 11) is 0. The van der Waals surface area contributed by atoms with Gasteiger partial charge in [0, 0.05) is 12.1 Å². The molecule has 78 valence electrons. The summed E-state index contributed by atoms with van der Waals surface area (Å²) in [6.45, 7) is 2.33. The van der Waals surface area contributed by atoms with Gasteiger partial charge in [-0.25, -0.2) is 0 Å². The summed E-state index contributed by atoms with van der Waals surface area (Å²) in [6, 6.07) is 5.39. The molecule has 2 aliphatic heterocycles. The summed E-state index contributed by atoms with van der Waals surface area (Å²) in [5, 5.41) is 9.45. The van der Waals surface area contributed by atoms with E-state index in [0.29, 0.717) is 12.4 Å². The van der Waals surface area contributed by atoms with Gasteiger partial charge in [0.15, 0.2) is 6.23 Å². The Labute approximate surface area is 87.8 Å². The van der Waals surface area contributed by atoms with E-state index in [9.17, 15) is 5.11 Å². The molecule has 0 spiro atoms. The van der Waals surface area contributed by atoms with Crippen molar-refractivity contribution in [3.05, 3.63) is 29.3 Å². The van der Waals surface area contributed by atoms with Crippen molar-refractivity contribution in [1.29, 1.82) is 0 Å². The Kier molecular flexibility index (Phi) is 1.89. The third-order valence-electron chi connectivity index (χ3n) is 2.81. The van der Waals surface area contributed by atoms with Gasteiger partial charge in [-0.1, -0.05) is 6.07 Å². The molecular weight excluding hydrogens is 192 g/mol. The number of fused-ring (bicyclic) bond motifs is 1. The topological polar surface area (TPSA) is 45.1 Å². The molecule has 0 saturated carbocycles. The zero-order valence-corrected chi connectivity index (χ0v) is 8.26. The minimum absolute atomic E-state index is 0.0710. The number of hydrogen-bond acceptors (Lipinski definition) is 4. The predicted molar refractivity (Wildman–Crippen MR) is 55.7 cm³/mol.